The first-order valence-electron chi connectivity index (χ1n) is 5.91. The van der Waals surface area contributed by atoms with Gasteiger partial charge in [0.15, 0.2) is 0 Å². The smallest absolute Gasteiger partial charge is 0.125 e. The van der Waals surface area contributed by atoms with Crippen LogP contribution in [0.5, 0.6) is 0 Å². The Morgan fingerprint density at radius 1 is 1.47 bits per heavy atom. The summed E-state index contributed by atoms with van der Waals surface area (Å²) < 4.78 is 5.63. The first-order valence-corrected chi connectivity index (χ1v) is 5.91. The minimum Gasteiger partial charge on any atom is -0.384 e. The Hall–Kier alpha value is -1.39. The summed E-state index contributed by atoms with van der Waals surface area (Å²) in [5, 5.41) is 0. The van der Waals surface area contributed by atoms with Gasteiger partial charge in [0.25, 0.3) is 0 Å². The van der Waals surface area contributed by atoms with Gasteiger partial charge in [-0.1, -0.05) is 30.3 Å². The first kappa shape index (κ1) is 12.1. The number of ether oxygens (including phenoxy) is 1. The zero-order valence-corrected chi connectivity index (χ0v) is 10.2. The van der Waals surface area contributed by atoms with Crippen LogP contribution >= 0.6 is 0 Å². The highest BCUT2D eigenvalue weighted by Gasteiger charge is 2.16. The molecule has 0 amide bonds. The number of hydrogen-bond acceptors (Lipinski definition) is 3. The van der Waals surface area contributed by atoms with Crippen molar-refractivity contribution < 1.29 is 4.74 Å². The number of rotatable bonds is 3. The lowest BCUT2D eigenvalue weighted by molar-refractivity contribution is -0.0135. The molecule has 2 N–H and O–H groups in total. The van der Waals surface area contributed by atoms with Gasteiger partial charge >= 0.3 is 0 Å². The summed E-state index contributed by atoms with van der Waals surface area (Å²) >= 11 is 0. The average molecular weight is 233 g/mol. The fraction of sp³-hybridized carbons (Fsp3) is 0.462. The van der Waals surface area contributed by atoms with Gasteiger partial charge in [-0.2, -0.15) is 0 Å². The fourth-order valence-corrected chi connectivity index (χ4v) is 1.88. The van der Waals surface area contributed by atoms with Crippen molar-refractivity contribution in [3.63, 3.8) is 0 Å². The molecule has 1 aromatic carbocycles. The lowest BCUT2D eigenvalue weighted by Crippen LogP contribution is -2.41. The van der Waals surface area contributed by atoms with Crippen molar-refractivity contribution in [3.8, 4) is 0 Å². The normalized spacial score (nSPS) is 22.6. The van der Waals surface area contributed by atoms with Gasteiger partial charge in [-0.15, -0.1) is 0 Å². The lowest BCUT2D eigenvalue weighted by Gasteiger charge is -2.29. The van der Waals surface area contributed by atoms with E-state index in [4.69, 9.17) is 10.5 Å². The molecule has 0 aromatic heterocycles. The number of benzene rings is 1. The van der Waals surface area contributed by atoms with Gasteiger partial charge in [0.1, 0.15) is 5.84 Å². The minimum atomic E-state index is 0.163. The molecular formula is C13H19N3O. The summed E-state index contributed by atoms with van der Waals surface area (Å²) in [6.07, 6.45) is 0.163. The summed E-state index contributed by atoms with van der Waals surface area (Å²) in [6.45, 7) is 3.33. The molecule has 4 nitrogen and oxygen atoms in total. The number of nitrogens with two attached hydrogens (primary N) is 1. The number of likely N-dealkylation sites (N-methyl/N-ethyl adjacent to an activating group) is 1. The molecule has 17 heavy (non-hydrogen) atoms. The van der Waals surface area contributed by atoms with Crippen molar-refractivity contribution in [2.75, 3.05) is 33.3 Å². The molecule has 1 fully saturated rings. The van der Waals surface area contributed by atoms with Crippen molar-refractivity contribution in [1.29, 1.82) is 0 Å². The van der Waals surface area contributed by atoms with Crippen molar-refractivity contribution >= 4 is 5.84 Å². The molecular weight excluding hydrogens is 214 g/mol. The van der Waals surface area contributed by atoms with E-state index in [0.29, 0.717) is 12.4 Å². The van der Waals surface area contributed by atoms with Crippen LogP contribution in [0.25, 0.3) is 0 Å². The van der Waals surface area contributed by atoms with E-state index in [1.807, 2.05) is 30.3 Å². The Bertz CT molecular complexity index is 378. The van der Waals surface area contributed by atoms with E-state index in [2.05, 4.69) is 16.9 Å². The van der Waals surface area contributed by atoms with Crippen LogP contribution in [0.1, 0.15) is 5.56 Å². The predicted molar refractivity (Wildman–Crippen MR) is 69.3 cm³/mol. The van der Waals surface area contributed by atoms with E-state index in [0.717, 1.165) is 25.3 Å². The lowest BCUT2D eigenvalue weighted by atomic mass is 10.2. The van der Waals surface area contributed by atoms with E-state index >= 15 is 0 Å². The van der Waals surface area contributed by atoms with Crippen molar-refractivity contribution in [2.24, 2.45) is 10.7 Å². The molecule has 1 saturated heterocycles. The maximum atomic E-state index is 5.93. The Labute approximate surface area is 102 Å². The maximum Gasteiger partial charge on any atom is 0.125 e. The number of amidine groups is 1. The largest absolute Gasteiger partial charge is 0.384 e. The molecule has 1 aliphatic rings. The van der Waals surface area contributed by atoms with Gasteiger partial charge < -0.3 is 15.4 Å². The van der Waals surface area contributed by atoms with Crippen molar-refractivity contribution in [3.05, 3.63) is 35.9 Å². The molecule has 0 radical (unpaired) electrons. The Morgan fingerprint density at radius 2 is 2.24 bits per heavy atom. The highest BCUT2D eigenvalue weighted by molar-refractivity contribution is 5.97. The van der Waals surface area contributed by atoms with E-state index in [-0.39, 0.29) is 6.10 Å². The van der Waals surface area contributed by atoms with Gasteiger partial charge in [0.05, 0.1) is 19.3 Å². The van der Waals surface area contributed by atoms with E-state index in [1.54, 1.807) is 0 Å². The minimum absolute atomic E-state index is 0.163. The molecule has 2 rings (SSSR count). The van der Waals surface area contributed by atoms with Crippen LogP contribution < -0.4 is 5.73 Å². The standard InChI is InChI=1S/C13H19N3O/c1-16-7-8-17-12(10-16)9-15-13(14)11-5-3-2-4-6-11/h2-6,12H,7-10H2,1H3,(H2,14,15). The molecule has 1 unspecified atom stereocenters. The van der Waals surface area contributed by atoms with Crippen LogP contribution in [0.2, 0.25) is 0 Å². The molecule has 92 valence electrons. The van der Waals surface area contributed by atoms with Gasteiger partial charge in [-0.25, -0.2) is 0 Å². The summed E-state index contributed by atoms with van der Waals surface area (Å²) in [5.74, 6) is 0.586. The molecule has 1 heterocycles. The summed E-state index contributed by atoms with van der Waals surface area (Å²) in [7, 11) is 2.10. The van der Waals surface area contributed by atoms with Gasteiger partial charge in [0.2, 0.25) is 0 Å². The monoisotopic (exact) mass is 233 g/mol. The number of aliphatic imine (C=N–C) groups is 1. The zero-order valence-electron chi connectivity index (χ0n) is 10.2. The topological polar surface area (TPSA) is 50.8 Å². The third-order valence-electron chi connectivity index (χ3n) is 2.88. The highest BCUT2D eigenvalue weighted by atomic mass is 16.5. The molecule has 4 heteroatoms. The molecule has 0 bridgehead atoms. The van der Waals surface area contributed by atoms with Crippen molar-refractivity contribution in [1.82, 2.24) is 4.90 Å². The van der Waals surface area contributed by atoms with Crippen LogP contribution in [-0.4, -0.2) is 50.1 Å². The molecule has 0 spiro atoms. The quantitative estimate of drug-likeness (QED) is 0.618. The van der Waals surface area contributed by atoms with Gasteiger partial charge in [-0.3, -0.25) is 4.99 Å². The van der Waals surface area contributed by atoms with Gasteiger partial charge in [-0.05, 0) is 7.05 Å². The fourth-order valence-electron chi connectivity index (χ4n) is 1.88. The van der Waals surface area contributed by atoms with Crippen LogP contribution in [0.15, 0.2) is 35.3 Å². The average Bonchev–Trinajstić information content (AvgIpc) is 2.37. The third-order valence-corrected chi connectivity index (χ3v) is 2.88. The van der Waals surface area contributed by atoms with Crippen LogP contribution in [0, 0.1) is 0 Å². The summed E-state index contributed by atoms with van der Waals surface area (Å²) in [5.41, 5.74) is 6.90. The number of nitrogens with zero attached hydrogens (tertiary/aromatic N) is 2. The third kappa shape index (κ3) is 3.54. The molecule has 1 aromatic rings. The van der Waals surface area contributed by atoms with Crippen molar-refractivity contribution in [2.45, 2.75) is 6.10 Å². The van der Waals surface area contributed by atoms with Crippen LogP contribution in [-0.2, 0) is 4.74 Å². The van der Waals surface area contributed by atoms with E-state index in [9.17, 15) is 0 Å². The molecule has 1 aliphatic heterocycles. The first-order chi connectivity index (χ1) is 8.25. The Morgan fingerprint density at radius 3 is 2.94 bits per heavy atom. The van der Waals surface area contributed by atoms with Crippen LogP contribution in [0.3, 0.4) is 0 Å². The predicted octanol–water partition coefficient (Wildman–Crippen LogP) is 0.723. The van der Waals surface area contributed by atoms with E-state index < -0.39 is 0 Å². The van der Waals surface area contributed by atoms with Crippen LogP contribution in [0.4, 0.5) is 0 Å². The Balaban J connectivity index is 1.92. The highest BCUT2D eigenvalue weighted by Crippen LogP contribution is 2.04. The number of morpholine rings is 1. The molecule has 0 saturated carbocycles. The second-order valence-electron chi connectivity index (χ2n) is 4.35. The SMILES string of the molecule is CN1CCOC(CN=C(N)c2ccccc2)C1. The number of hydrogen-bond donors (Lipinski definition) is 1. The second-order valence-corrected chi connectivity index (χ2v) is 4.35. The van der Waals surface area contributed by atoms with E-state index in [1.165, 1.54) is 0 Å². The molecule has 1 atom stereocenters. The Kier molecular flexibility index (Phi) is 4.12. The second kappa shape index (κ2) is 5.80. The summed E-state index contributed by atoms with van der Waals surface area (Å²) in [4.78, 5) is 6.65. The zero-order chi connectivity index (χ0) is 12.1. The maximum absolute atomic E-state index is 5.93. The van der Waals surface area contributed by atoms with Gasteiger partial charge in [0, 0.05) is 18.7 Å². The summed E-state index contributed by atoms with van der Waals surface area (Å²) in [6, 6.07) is 9.82. The molecule has 0 aliphatic carbocycles.